The first-order chi connectivity index (χ1) is 4.74. The Morgan fingerprint density at radius 1 is 1.70 bits per heavy atom. The standard InChI is InChI=1S/C6H4ClN3/c1-4-5(7)3-9-6(2-8)10-4/h3H,1H3. The molecular weight excluding hydrogens is 150 g/mol. The summed E-state index contributed by atoms with van der Waals surface area (Å²) in [4.78, 5) is 7.44. The summed E-state index contributed by atoms with van der Waals surface area (Å²) in [7, 11) is 0. The zero-order chi connectivity index (χ0) is 7.56. The second-order valence-corrected chi connectivity index (χ2v) is 2.15. The maximum absolute atomic E-state index is 8.33. The quantitative estimate of drug-likeness (QED) is 0.565. The minimum Gasteiger partial charge on any atom is -0.226 e. The van der Waals surface area contributed by atoms with Crippen molar-refractivity contribution >= 4 is 11.6 Å². The predicted octanol–water partition coefficient (Wildman–Crippen LogP) is 1.31. The number of nitrogens with zero attached hydrogens (tertiary/aromatic N) is 3. The summed E-state index contributed by atoms with van der Waals surface area (Å²) in [5.41, 5.74) is 0.633. The smallest absolute Gasteiger partial charge is 0.226 e. The van der Waals surface area contributed by atoms with Crippen molar-refractivity contribution in [3.63, 3.8) is 0 Å². The number of aromatic nitrogens is 2. The molecular formula is C6H4ClN3. The maximum Gasteiger partial charge on any atom is 0.232 e. The minimum absolute atomic E-state index is 0.155. The van der Waals surface area contributed by atoms with E-state index in [4.69, 9.17) is 16.9 Å². The Kier molecular flexibility index (Phi) is 1.83. The highest BCUT2D eigenvalue weighted by molar-refractivity contribution is 6.31. The van der Waals surface area contributed by atoms with Crippen LogP contribution in [0.2, 0.25) is 5.02 Å². The Hall–Kier alpha value is -1.14. The molecule has 0 saturated carbocycles. The van der Waals surface area contributed by atoms with Crippen LogP contribution in [0.25, 0.3) is 0 Å². The van der Waals surface area contributed by atoms with E-state index < -0.39 is 0 Å². The lowest BCUT2D eigenvalue weighted by Gasteiger charge is -1.92. The van der Waals surface area contributed by atoms with Crippen molar-refractivity contribution in [2.45, 2.75) is 6.92 Å². The van der Waals surface area contributed by atoms with Gasteiger partial charge in [-0.05, 0) is 6.92 Å². The number of nitriles is 1. The lowest BCUT2D eigenvalue weighted by molar-refractivity contribution is 1.06. The van der Waals surface area contributed by atoms with Gasteiger partial charge in [0, 0.05) is 0 Å². The molecule has 0 fully saturated rings. The molecule has 0 amide bonds. The van der Waals surface area contributed by atoms with E-state index in [9.17, 15) is 0 Å². The van der Waals surface area contributed by atoms with Crippen LogP contribution in [0, 0.1) is 18.3 Å². The van der Waals surface area contributed by atoms with Crippen LogP contribution < -0.4 is 0 Å². The SMILES string of the molecule is Cc1nc(C#N)ncc1Cl. The van der Waals surface area contributed by atoms with Crippen LogP contribution in [0.5, 0.6) is 0 Å². The van der Waals surface area contributed by atoms with Gasteiger partial charge in [-0.25, -0.2) is 9.97 Å². The fraction of sp³-hybridized carbons (Fsp3) is 0.167. The summed E-state index contributed by atoms with van der Waals surface area (Å²) in [5, 5.41) is 8.82. The molecule has 50 valence electrons. The second-order valence-electron chi connectivity index (χ2n) is 1.74. The van der Waals surface area contributed by atoms with Gasteiger partial charge in [0.25, 0.3) is 0 Å². The molecule has 0 bridgehead atoms. The van der Waals surface area contributed by atoms with Gasteiger partial charge in [-0.15, -0.1) is 0 Å². The first-order valence-corrected chi connectivity index (χ1v) is 3.01. The van der Waals surface area contributed by atoms with Crippen LogP contribution in [0.4, 0.5) is 0 Å². The summed E-state index contributed by atoms with van der Waals surface area (Å²) in [6, 6.07) is 1.81. The van der Waals surface area contributed by atoms with Gasteiger partial charge in [-0.2, -0.15) is 5.26 Å². The highest BCUT2D eigenvalue weighted by atomic mass is 35.5. The molecule has 0 radical (unpaired) electrons. The predicted molar refractivity (Wildman–Crippen MR) is 36.5 cm³/mol. The van der Waals surface area contributed by atoms with Crippen LogP contribution in [-0.2, 0) is 0 Å². The van der Waals surface area contributed by atoms with Gasteiger partial charge in [0.05, 0.1) is 16.9 Å². The molecule has 1 aromatic rings. The van der Waals surface area contributed by atoms with E-state index in [1.165, 1.54) is 6.20 Å². The first kappa shape index (κ1) is 6.97. The Morgan fingerprint density at radius 2 is 2.40 bits per heavy atom. The van der Waals surface area contributed by atoms with E-state index >= 15 is 0 Å². The van der Waals surface area contributed by atoms with Crippen LogP contribution in [0.1, 0.15) is 11.5 Å². The third kappa shape index (κ3) is 1.23. The molecule has 0 saturated heterocycles. The molecule has 4 heteroatoms. The molecule has 0 spiro atoms. The van der Waals surface area contributed by atoms with E-state index in [0.29, 0.717) is 10.7 Å². The summed E-state index contributed by atoms with van der Waals surface area (Å²) < 4.78 is 0. The van der Waals surface area contributed by atoms with Gasteiger partial charge < -0.3 is 0 Å². The number of aryl methyl sites for hydroxylation is 1. The van der Waals surface area contributed by atoms with Crippen LogP contribution >= 0.6 is 11.6 Å². The van der Waals surface area contributed by atoms with Crippen LogP contribution in [-0.4, -0.2) is 9.97 Å². The third-order valence-electron chi connectivity index (χ3n) is 1.02. The molecule has 0 aliphatic rings. The first-order valence-electron chi connectivity index (χ1n) is 2.63. The van der Waals surface area contributed by atoms with Gasteiger partial charge in [0.2, 0.25) is 5.82 Å². The second kappa shape index (κ2) is 2.63. The lowest BCUT2D eigenvalue weighted by atomic mass is 10.4. The average molecular weight is 154 g/mol. The largest absolute Gasteiger partial charge is 0.232 e. The molecule has 0 N–H and O–H groups in total. The van der Waals surface area contributed by atoms with E-state index in [2.05, 4.69) is 9.97 Å². The van der Waals surface area contributed by atoms with Crippen LogP contribution in [0.15, 0.2) is 6.20 Å². The van der Waals surface area contributed by atoms with Crippen molar-refractivity contribution in [3.05, 3.63) is 22.7 Å². The highest BCUT2D eigenvalue weighted by Crippen LogP contribution is 2.09. The van der Waals surface area contributed by atoms with Crippen molar-refractivity contribution in [3.8, 4) is 6.07 Å². The van der Waals surface area contributed by atoms with E-state index in [1.807, 2.05) is 6.07 Å². The number of halogens is 1. The van der Waals surface area contributed by atoms with Gasteiger partial charge >= 0.3 is 0 Å². The molecule has 0 aromatic carbocycles. The Bertz CT molecular complexity index is 290. The normalized spacial score (nSPS) is 8.90. The summed E-state index contributed by atoms with van der Waals surface area (Å²) in [6.45, 7) is 1.73. The van der Waals surface area contributed by atoms with Gasteiger partial charge in [-0.1, -0.05) is 11.6 Å². The molecule has 0 atom stereocenters. The van der Waals surface area contributed by atoms with Crippen molar-refractivity contribution in [1.29, 1.82) is 5.26 Å². The Labute approximate surface area is 63.3 Å². The Balaban J connectivity index is 3.20. The Morgan fingerprint density at radius 3 is 2.90 bits per heavy atom. The molecule has 3 nitrogen and oxygen atoms in total. The van der Waals surface area contributed by atoms with Crippen molar-refractivity contribution in [2.75, 3.05) is 0 Å². The van der Waals surface area contributed by atoms with Gasteiger partial charge in [0.15, 0.2) is 0 Å². The molecule has 0 aliphatic carbocycles. The molecule has 10 heavy (non-hydrogen) atoms. The van der Waals surface area contributed by atoms with Crippen LogP contribution in [0.3, 0.4) is 0 Å². The zero-order valence-corrected chi connectivity index (χ0v) is 6.05. The van der Waals surface area contributed by atoms with E-state index in [-0.39, 0.29) is 5.82 Å². The minimum atomic E-state index is 0.155. The maximum atomic E-state index is 8.33. The van der Waals surface area contributed by atoms with E-state index in [1.54, 1.807) is 6.92 Å². The fourth-order valence-corrected chi connectivity index (χ4v) is 0.597. The molecule has 1 rings (SSSR count). The monoisotopic (exact) mass is 153 g/mol. The van der Waals surface area contributed by atoms with Crippen molar-refractivity contribution in [1.82, 2.24) is 9.97 Å². The van der Waals surface area contributed by atoms with E-state index in [0.717, 1.165) is 0 Å². The number of hydrogen-bond donors (Lipinski definition) is 0. The third-order valence-corrected chi connectivity index (χ3v) is 1.39. The van der Waals surface area contributed by atoms with Gasteiger partial charge in [0.1, 0.15) is 6.07 Å². The molecule has 1 heterocycles. The summed E-state index contributed by atoms with van der Waals surface area (Å²) in [6.07, 6.45) is 1.42. The highest BCUT2D eigenvalue weighted by Gasteiger charge is 1.97. The topological polar surface area (TPSA) is 49.6 Å². The zero-order valence-electron chi connectivity index (χ0n) is 5.30. The van der Waals surface area contributed by atoms with Gasteiger partial charge in [-0.3, -0.25) is 0 Å². The summed E-state index contributed by atoms with van der Waals surface area (Å²) >= 11 is 5.60. The number of hydrogen-bond acceptors (Lipinski definition) is 3. The van der Waals surface area contributed by atoms with Crippen molar-refractivity contribution < 1.29 is 0 Å². The lowest BCUT2D eigenvalue weighted by Crippen LogP contribution is -1.90. The molecule has 0 aliphatic heterocycles. The number of rotatable bonds is 0. The summed E-state index contributed by atoms with van der Waals surface area (Å²) in [5.74, 6) is 0.155. The average Bonchev–Trinajstić information content (AvgIpc) is 1.95. The van der Waals surface area contributed by atoms with Crippen molar-refractivity contribution in [2.24, 2.45) is 0 Å². The molecule has 0 unspecified atom stereocenters. The molecule has 1 aromatic heterocycles. The fourth-order valence-electron chi connectivity index (χ4n) is 0.506.